The van der Waals surface area contributed by atoms with E-state index in [1.165, 1.54) is 4.90 Å². The molecule has 1 amide bonds. The molecule has 1 aromatic carbocycles. The van der Waals surface area contributed by atoms with Gasteiger partial charge in [-0.3, -0.25) is 9.59 Å². The molecule has 0 bridgehead atoms. The minimum atomic E-state index is -0.810. The molecule has 1 aliphatic rings. The Kier molecular flexibility index (Phi) is 5.89. The van der Waals surface area contributed by atoms with Crippen molar-refractivity contribution in [3.63, 3.8) is 0 Å². The summed E-state index contributed by atoms with van der Waals surface area (Å²) >= 11 is 0. The van der Waals surface area contributed by atoms with Gasteiger partial charge in [-0.15, -0.1) is 0 Å². The van der Waals surface area contributed by atoms with Gasteiger partial charge in [0.1, 0.15) is 12.6 Å². The van der Waals surface area contributed by atoms with Gasteiger partial charge in [0.05, 0.1) is 12.1 Å². The molecule has 1 aromatic rings. The van der Waals surface area contributed by atoms with Crippen molar-refractivity contribution in [2.24, 2.45) is 5.73 Å². The van der Waals surface area contributed by atoms with E-state index >= 15 is 0 Å². The van der Waals surface area contributed by atoms with E-state index in [2.05, 4.69) is 0 Å². The second-order valence-electron chi connectivity index (χ2n) is 5.28. The van der Waals surface area contributed by atoms with Crippen LogP contribution in [0, 0.1) is 11.3 Å². The van der Waals surface area contributed by atoms with Gasteiger partial charge in [0.2, 0.25) is 5.91 Å². The number of hydrogen-bond acceptors (Lipinski definition) is 5. The number of rotatable bonds is 6. The lowest BCUT2D eigenvalue weighted by Gasteiger charge is -2.23. The van der Waals surface area contributed by atoms with Crippen molar-refractivity contribution in [2.75, 3.05) is 6.54 Å². The lowest BCUT2D eigenvalue weighted by atomic mass is 10.1. The third kappa shape index (κ3) is 4.66. The van der Waals surface area contributed by atoms with Crippen LogP contribution in [-0.2, 0) is 20.9 Å². The van der Waals surface area contributed by atoms with Gasteiger partial charge >= 0.3 is 5.97 Å². The molecule has 0 saturated heterocycles. The number of hydrogen-bond donors (Lipinski definition) is 1. The molecule has 6 nitrogen and oxygen atoms in total. The lowest BCUT2D eigenvalue weighted by molar-refractivity contribution is -0.145. The standard InChI is InChI=1S/C17H19N3O3/c18-11-14-7-4-10-20(14)17(22)15(19)8-9-16(21)23-12-13-5-2-1-3-6-13/h1-7,14-15H,8-10,12,19H2/t14?,15-/m0/s1. The number of benzene rings is 1. The third-order valence-corrected chi connectivity index (χ3v) is 3.59. The minimum absolute atomic E-state index is 0.0677. The highest BCUT2D eigenvalue weighted by molar-refractivity contribution is 5.83. The Morgan fingerprint density at radius 3 is 2.83 bits per heavy atom. The Hall–Kier alpha value is -2.65. The van der Waals surface area contributed by atoms with E-state index in [1.807, 2.05) is 36.4 Å². The van der Waals surface area contributed by atoms with Crippen LogP contribution in [-0.4, -0.2) is 35.4 Å². The number of amides is 1. The molecule has 2 N–H and O–H groups in total. The predicted molar refractivity (Wildman–Crippen MR) is 83.7 cm³/mol. The molecule has 2 rings (SSSR count). The van der Waals surface area contributed by atoms with Crippen LogP contribution in [0.25, 0.3) is 0 Å². The van der Waals surface area contributed by atoms with Crippen LogP contribution in [0.2, 0.25) is 0 Å². The van der Waals surface area contributed by atoms with Crippen molar-refractivity contribution in [1.82, 2.24) is 4.90 Å². The molecule has 0 aliphatic carbocycles. The fraction of sp³-hybridized carbons (Fsp3) is 0.353. The Morgan fingerprint density at radius 1 is 1.39 bits per heavy atom. The number of esters is 1. The Morgan fingerprint density at radius 2 is 2.13 bits per heavy atom. The van der Waals surface area contributed by atoms with Crippen LogP contribution in [0.1, 0.15) is 18.4 Å². The largest absolute Gasteiger partial charge is 0.461 e. The van der Waals surface area contributed by atoms with Crippen LogP contribution >= 0.6 is 0 Å². The van der Waals surface area contributed by atoms with Gasteiger partial charge in [0, 0.05) is 13.0 Å². The maximum Gasteiger partial charge on any atom is 0.306 e. The van der Waals surface area contributed by atoms with E-state index in [-0.39, 0.29) is 25.4 Å². The second kappa shape index (κ2) is 8.11. The predicted octanol–water partition coefficient (Wildman–Crippen LogP) is 1.13. The number of carbonyl (C=O) groups is 2. The smallest absolute Gasteiger partial charge is 0.306 e. The molecule has 2 atom stereocenters. The van der Waals surface area contributed by atoms with Crippen molar-refractivity contribution in [3.8, 4) is 6.07 Å². The van der Waals surface area contributed by atoms with Gasteiger partial charge in [0.15, 0.2) is 0 Å². The molecule has 120 valence electrons. The van der Waals surface area contributed by atoms with Crippen molar-refractivity contribution in [3.05, 3.63) is 48.0 Å². The molecule has 6 heteroatoms. The molecule has 1 aliphatic heterocycles. The summed E-state index contributed by atoms with van der Waals surface area (Å²) in [6.45, 7) is 0.582. The topological polar surface area (TPSA) is 96.4 Å². The number of ether oxygens (including phenoxy) is 1. The summed E-state index contributed by atoms with van der Waals surface area (Å²) in [5, 5.41) is 8.95. The van der Waals surface area contributed by atoms with Gasteiger partial charge in [-0.2, -0.15) is 5.26 Å². The van der Waals surface area contributed by atoms with Gasteiger partial charge in [-0.1, -0.05) is 36.4 Å². The van der Waals surface area contributed by atoms with E-state index in [1.54, 1.807) is 12.2 Å². The van der Waals surface area contributed by atoms with Crippen molar-refractivity contribution >= 4 is 11.9 Å². The number of nitrogens with two attached hydrogens (primary N) is 1. The average molecular weight is 313 g/mol. The fourth-order valence-electron chi connectivity index (χ4n) is 2.28. The maximum atomic E-state index is 12.2. The Labute approximate surface area is 135 Å². The van der Waals surface area contributed by atoms with E-state index in [4.69, 9.17) is 15.7 Å². The lowest BCUT2D eigenvalue weighted by Crippen LogP contribution is -2.46. The first-order chi connectivity index (χ1) is 11.1. The zero-order chi connectivity index (χ0) is 16.7. The van der Waals surface area contributed by atoms with E-state index in [0.717, 1.165) is 5.56 Å². The number of nitrogens with zero attached hydrogens (tertiary/aromatic N) is 2. The van der Waals surface area contributed by atoms with Crippen LogP contribution in [0.4, 0.5) is 0 Å². The first-order valence-corrected chi connectivity index (χ1v) is 7.43. The van der Waals surface area contributed by atoms with Crippen LogP contribution < -0.4 is 5.73 Å². The number of carbonyl (C=O) groups excluding carboxylic acids is 2. The summed E-state index contributed by atoms with van der Waals surface area (Å²) in [6.07, 6.45) is 3.69. The zero-order valence-corrected chi connectivity index (χ0v) is 12.7. The zero-order valence-electron chi connectivity index (χ0n) is 12.7. The Bertz CT molecular complexity index is 622. The summed E-state index contributed by atoms with van der Waals surface area (Å²) in [5.74, 6) is -0.717. The molecule has 0 radical (unpaired) electrons. The highest BCUT2D eigenvalue weighted by Gasteiger charge is 2.28. The van der Waals surface area contributed by atoms with E-state index < -0.39 is 18.1 Å². The summed E-state index contributed by atoms with van der Waals surface area (Å²) < 4.78 is 5.14. The molecule has 0 aromatic heterocycles. The molecule has 0 saturated carbocycles. The summed E-state index contributed by atoms with van der Waals surface area (Å²) in [7, 11) is 0. The van der Waals surface area contributed by atoms with Crippen LogP contribution in [0.5, 0.6) is 0 Å². The first kappa shape index (κ1) is 16.7. The molecule has 0 spiro atoms. The third-order valence-electron chi connectivity index (χ3n) is 3.59. The van der Waals surface area contributed by atoms with E-state index in [0.29, 0.717) is 6.54 Å². The molecule has 23 heavy (non-hydrogen) atoms. The number of nitriles is 1. The summed E-state index contributed by atoms with van der Waals surface area (Å²) in [6, 6.07) is 10.00. The second-order valence-corrected chi connectivity index (χ2v) is 5.28. The van der Waals surface area contributed by atoms with Crippen molar-refractivity contribution < 1.29 is 14.3 Å². The quantitative estimate of drug-likeness (QED) is 0.627. The molecule has 1 unspecified atom stereocenters. The van der Waals surface area contributed by atoms with Crippen molar-refractivity contribution in [1.29, 1.82) is 5.26 Å². The normalized spacial score (nSPS) is 17.6. The van der Waals surface area contributed by atoms with E-state index in [9.17, 15) is 9.59 Å². The van der Waals surface area contributed by atoms with Gasteiger partial charge in [-0.05, 0) is 18.1 Å². The molecular formula is C17H19N3O3. The molecule has 1 heterocycles. The SMILES string of the molecule is N#CC1C=CCN1C(=O)[C@@H](N)CCC(=O)OCc1ccccc1. The summed E-state index contributed by atoms with van der Waals surface area (Å²) in [4.78, 5) is 25.3. The first-order valence-electron chi connectivity index (χ1n) is 7.43. The van der Waals surface area contributed by atoms with Crippen LogP contribution in [0.15, 0.2) is 42.5 Å². The highest BCUT2D eigenvalue weighted by atomic mass is 16.5. The van der Waals surface area contributed by atoms with Crippen molar-refractivity contribution in [2.45, 2.75) is 31.5 Å². The minimum Gasteiger partial charge on any atom is -0.461 e. The molecule has 0 fully saturated rings. The fourth-order valence-corrected chi connectivity index (χ4v) is 2.28. The molecular weight excluding hydrogens is 294 g/mol. The van der Waals surface area contributed by atoms with Gasteiger partial charge in [0.25, 0.3) is 0 Å². The summed E-state index contributed by atoms with van der Waals surface area (Å²) in [5.41, 5.74) is 6.74. The monoisotopic (exact) mass is 313 g/mol. The van der Waals surface area contributed by atoms with Crippen LogP contribution in [0.3, 0.4) is 0 Å². The van der Waals surface area contributed by atoms with Gasteiger partial charge < -0.3 is 15.4 Å². The Balaban J connectivity index is 1.73. The maximum absolute atomic E-state index is 12.2. The van der Waals surface area contributed by atoms with Gasteiger partial charge in [-0.25, -0.2) is 0 Å². The highest BCUT2D eigenvalue weighted by Crippen LogP contribution is 2.12. The average Bonchev–Trinajstić information content (AvgIpc) is 3.06.